The maximum Gasteiger partial charge on any atom is 0.110 e. The average Bonchev–Trinajstić information content (AvgIpc) is 2.84. The van der Waals surface area contributed by atoms with Gasteiger partial charge in [-0.3, -0.25) is 5.32 Å². The van der Waals surface area contributed by atoms with E-state index in [1.165, 1.54) is 5.56 Å². The quantitative estimate of drug-likeness (QED) is 0.881. The lowest BCUT2D eigenvalue weighted by Crippen LogP contribution is -2.51. The van der Waals surface area contributed by atoms with Crippen molar-refractivity contribution in [1.29, 1.82) is 5.26 Å². The van der Waals surface area contributed by atoms with Crippen LogP contribution in [0.3, 0.4) is 0 Å². The molecular formula is C18H26N2. The van der Waals surface area contributed by atoms with Crippen LogP contribution in [0, 0.1) is 22.7 Å². The summed E-state index contributed by atoms with van der Waals surface area (Å²) in [6.07, 6.45) is 3.25. The minimum atomic E-state index is -0.381. The molecule has 0 heterocycles. The molecule has 2 rings (SSSR count). The van der Waals surface area contributed by atoms with Gasteiger partial charge >= 0.3 is 0 Å². The molecule has 20 heavy (non-hydrogen) atoms. The fraction of sp³-hybridized carbons (Fsp3) is 0.611. The molecule has 3 atom stereocenters. The van der Waals surface area contributed by atoms with Gasteiger partial charge < -0.3 is 0 Å². The number of nitriles is 1. The van der Waals surface area contributed by atoms with Crippen molar-refractivity contribution in [3.05, 3.63) is 35.9 Å². The molecule has 0 saturated heterocycles. The second-order valence-electron chi connectivity index (χ2n) is 7.17. The standard InChI is InChI=1S/C18H26N2/c1-14(15-9-6-5-7-10-15)20-18(13-19)12-8-11-16(18)17(2,3)4/h5-7,9-10,14,16,20H,8,11-12H2,1-4H3/t14-,16+,18+/m1/s1. The van der Waals surface area contributed by atoms with Crippen molar-refractivity contribution in [2.45, 2.75) is 58.5 Å². The van der Waals surface area contributed by atoms with Crippen LogP contribution in [0.1, 0.15) is 58.6 Å². The van der Waals surface area contributed by atoms with Gasteiger partial charge in [-0.1, -0.05) is 57.5 Å². The molecule has 1 aromatic carbocycles. The van der Waals surface area contributed by atoms with Gasteiger partial charge in [0.15, 0.2) is 0 Å². The summed E-state index contributed by atoms with van der Waals surface area (Å²) in [6.45, 7) is 8.92. The highest BCUT2D eigenvalue weighted by Gasteiger charge is 2.49. The summed E-state index contributed by atoms with van der Waals surface area (Å²) in [6, 6.07) is 13.2. The van der Waals surface area contributed by atoms with Crippen LogP contribution in [0.4, 0.5) is 0 Å². The second-order valence-corrected chi connectivity index (χ2v) is 7.17. The van der Waals surface area contributed by atoms with Crippen LogP contribution in [0.2, 0.25) is 0 Å². The molecule has 1 N–H and O–H groups in total. The number of rotatable bonds is 3. The molecule has 0 aromatic heterocycles. The SMILES string of the molecule is C[C@@H](N[C@]1(C#N)CCC[C@H]1C(C)(C)C)c1ccccc1. The molecule has 2 heteroatoms. The lowest BCUT2D eigenvalue weighted by molar-refractivity contribution is 0.153. The monoisotopic (exact) mass is 270 g/mol. The van der Waals surface area contributed by atoms with Gasteiger partial charge in [0.05, 0.1) is 6.07 Å². The largest absolute Gasteiger partial charge is 0.292 e. The fourth-order valence-electron chi connectivity index (χ4n) is 3.73. The van der Waals surface area contributed by atoms with Crippen molar-refractivity contribution in [2.24, 2.45) is 11.3 Å². The van der Waals surface area contributed by atoms with Crippen LogP contribution in [0.15, 0.2) is 30.3 Å². The van der Waals surface area contributed by atoms with Crippen LogP contribution in [0.25, 0.3) is 0 Å². The van der Waals surface area contributed by atoms with E-state index in [1.807, 2.05) is 6.07 Å². The Morgan fingerprint density at radius 1 is 1.30 bits per heavy atom. The van der Waals surface area contributed by atoms with Gasteiger partial charge in [0.25, 0.3) is 0 Å². The first kappa shape index (κ1) is 15.1. The smallest absolute Gasteiger partial charge is 0.110 e. The Hall–Kier alpha value is -1.33. The maximum atomic E-state index is 9.83. The van der Waals surface area contributed by atoms with Crippen LogP contribution >= 0.6 is 0 Å². The Morgan fingerprint density at radius 2 is 1.95 bits per heavy atom. The van der Waals surface area contributed by atoms with E-state index < -0.39 is 0 Å². The third-order valence-corrected chi connectivity index (χ3v) is 4.68. The van der Waals surface area contributed by atoms with Crippen LogP contribution in [-0.2, 0) is 0 Å². The van der Waals surface area contributed by atoms with Crippen molar-refractivity contribution in [2.75, 3.05) is 0 Å². The van der Waals surface area contributed by atoms with Crippen molar-refractivity contribution >= 4 is 0 Å². The highest BCUT2D eigenvalue weighted by Crippen LogP contribution is 2.46. The second kappa shape index (κ2) is 5.58. The molecule has 0 amide bonds. The number of hydrogen-bond acceptors (Lipinski definition) is 2. The molecule has 0 aliphatic heterocycles. The predicted molar refractivity (Wildman–Crippen MR) is 83.1 cm³/mol. The van der Waals surface area contributed by atoms with Crippen molar-refractivity contribution in [3.63, 3.8) is 0 Å². The van der Waals surface area contributed by atoms with E-state index >= 15 is 0 Å². The molecule has 1 fully saturated rings. The summed E-state index contributed by atoms with van der Waals surface area (Å²) in [4.78, 5) is 0. The van der Waals surface area contributed by atoms with Crippen LogP contribution < -0.4 is 5.32 Å². The molecule has 108 valence electrons. The van der Waals surface area contributed by atoms with E-state index in [2.05, 4.69) is 63.3 Å². The maximum absolute atomic E-state index is 9.83. The molecule has 1 saturated carbocycles. The zero-order chi connectivity index (χ0) is 14.8. The average molecular weight is 270 g/mol. The number of hydrogen-bond donors (Lipinski definition) is 1. The van der Waals surface area contributed by atoms with Crippen molar-refractivity contribution in [1.82, 2.24) is 5.32 Å². The summed E-state index contributed by atoms with van der Waals surface area (Å²) in [5.74, 6) is 0.408. The van der Waals surface area contributed by atoms with Gasteiger partial charge in [-0.25, -0.2) is 0 Å². The first-order valence-electron chi connectivity index (χ1n) is 7.63. The third-order valence-electron chi connectivity index (χ3n) is 4.68. The Morgan fingerprint density at radius 3 is 2.50 bits per heavy atom. The zero-order valence-electron chi connectivity index (χ0n) is 13.1. The van der Waals surface area contributed by atoms with E-state index in [4.69, 9.17) is 0 Å². The van der Waals surface area contributed by atoms with E-state index in [0.29, 0.717) is 5.92 Å². The first-order chi connectivity index (χ1) is 9.39. The summed E-state index contributed by atoms with van der Waals surface area (Å²) < 4.78 is 0. The lowest BCUT2D eigenvalue weighted by Gasteiger charge is -2.40. The minimum absolute atomic E-state index is 0.162. The Kier molecular flexibility index (Phi) is 4.20. The van der Waals surface area contributed by atoms with Gasteiger partial charge in [0, 0.05) is 6.04 Å². The number of nitrogens with one attached hydrogen (secondary N) is 1. The van der Waals surface area contributed by atoms with Gasteiger partial charge in [0.1, 0.15) is 5.54 Å². The summed E-state index contributed by atoms with van der Waals surface area (Å²) in [5.41, 5.74) is 1.03. The predicted octanol–water partition coefficient (Wildman–Crippen LogP) is 4.45. The van der Waals surface area contributed by atoms with Gasteiger partial charge in [-0.2, -0.15) is 5.26 Å². The Labute approximate surface area is 123 Å². The minimum Gasteiger partial charge on any atom is -0.292 e. The fourth-order valence-corrected chi connectivity index (χ4v) is 3.73. The summed E-state index contributed by atoms with van der Waals surface area (Å²) >= 11 is 0. The Bertz CT molecular complexity index is 480. The van der Waals surface area contributed by atoms with E-state index in [0.717, 1.165) is 19.3 Å². The lowest BCUT2D eigenvalue weighted by atomic mass is 9.71. The molecule has 0 bridgehead atoms. The highest BCUT2D eigenvalue weighted by molar-refractivity contribution is 5.23. The molecule has 0 radical (unpaired) electrons. The summed E-state index contributed by atoms with van der Waals surface area (Å²) in [5, 5.41) is 13.5. The zero-order valence-corrected chi connectivity index (χ0v) is 13.1. The van der Waals surface area contributed by atoms with Gasteiger partial charge in [-0.05, 0) is 36.7 Å². The van der Waals surface area contributed by atoms with E-state index in [1.54, 1.807) is 0 Å². The molecule has 0 unspecified atom stereocenters. The van der Waals surface area contributed by atoms with Gasteiger partial charge in [0.2, 0.25) is 0 Å². The van der Waals surface area contributed by atoms with E-state index in [-0.39, 0.29) is 17.0 Å². The number of nitrogens with zero attached hydrogens (tertiary/aromatic N) is 1. The van der Waals surface area contributed by atoms with Gasteiger partial charge in [-0.15, -0.1) is 0 Å². The molecule has 1 aromatic rings. The molecule has 0 spiro atoms. The summed E-state index contributed by atoms with van der Waals surface area (Å²) in [7, 11) is 0. The van der Waals surface area contributed by atoms with Crippen LogP contribution in [-0.4, -0.2) is 5.54 Å². The molecule has 1 aliphatic carbocycles. The van der Waals surface area contributed by atoms with Crippen LogP contribution in [0.5, 0.6) is 0 Å². The van der Waals surface area contributed by atoms with Crippen molar-refractivity contribution < 1.29 is 0 Å². The normalized spacial score (nSPS) is 28.1. The number of benzene rings is 1. The highest BCUT2D eigenvalue weighted by atomic mass is 15.0. The third kappa shape index (κ3) is 2.88. The van der Waals surface area contributed by atoms with E-state index in [9.17, 15) is 5.26 Å². The molecule has 2 nitrogen and oxygen atoms in total. The first-order valence-corrected chi connectivity index (χ1v) is 7.63. The topological polar surface area (TPSA) is 35.8 Å². The molecule has 1 aliphatic rings. The van der Waals surface area contributed by atoms with Crippen molar-refractivity contribution in [3.8, 4) is 6.07 Å². The molecular weight excluding hydrogens is 244 g/mol. The Balaban J connectivity index is 2.22.